The van der Waals surface area contributed by atoms with Gasteiger partial charge < -0.3 is 0 Å². The molecule has 0 aliphatic heterocycles. The van der Waals surface area contributed by atoms with E-state index in [4.69, 9.17) is 0 Å². The van der Waals surface area contributed by atoms with Crippen LogP contribution in [0.15, 0.2) is 4.73 Å². The van der Waals surface area contributed by atoms with Gasteiger partial charge in [-0.3, -0.25) is 0 Å². The predicted octanol–water partition coefficient (Wildman–Crippen LogP) is 3.78. The van der Waals surface area contributed by atoms with E-state index in [1.165, 1.54) is 0 Å². The molecular formula is C14H12BrF3N4. The summed E-state index contributed by atoms with van der Waals surface area (Å²) in [4.78, 5) is 17.4. The average Bonchev–Trinajstić information content (AvgIpc) is 2.26. The fourth-order valence-corrected chi connectivity index (χ4v) is 4.14. The smallest absolute Gasteiger partial charge is 0.246 e. The Kier molecular flexibility index (Phi) is 2.57. The highest BCUT2D eigenvalue weighted by molar-refractivity contribution is 9.10. The van der Waals surface area contributed by atoms with Crippen molar-refractivity contribution < 1.29 is 13.2 Å². The molecule has 5 rings (SSSR count). The summed E-state index contributed by atoms with van der Waals surface area (Å²) < 4.78 is 39.5. The molecule has 3 aliphatic rings. The number of aromatic nitrogens is 4. The number of fused-ring (bicyclic) bond motifs is 1. The summed E-state index contributed by atoms with van der Waals surface area (Å²) in [5.41, 5.74) is 1.04. The SMILES string of the molecule is Cc1nc2nc(Br)nc(C34CC(C(F)(F)F)(C3)C4)c2nc1C. The summed E-state index contributed by atoms with van der Waals surface area (Å²) in [6.45, 7) is 3.66. The molecule has 3 saturated carbocycles. The zero-order valence-electron chi connectivity index (χ0n) is 11.9. The Morgan fingerprint density at radius 2 is 1.55 bits per heavy atom. The number of nitrogens with zero attached hydrogens (tertiary/aromatic N) is 4. The van der Waals surface area contributed by atoms with Crippen molar-refractivity contribution in [3.05, 3.63) is 21.8 Å². The maximum Gasteiger partial charge on any atom is 0.394 e. The lowest BCUT2D eigenvalue weighted by molar-refractivity contribution is -0.337. The maximum atomic E-state index is 13.0. The highest BCUT2D eigenvalue weighted by atomic mass is 79.9. The van der Waals surface area contributed by atoms with Crippen LogP contribution in [0.5, 0.6) is 0 Å². The molecule has 8 heteroatoms. The Labute approximate surface area is 132 Å². The number of rotatable bonds is 1. The van der Waals surface area contributed by atoms with Crippen LogP contribution >= 0.6 is 15.9 Å². The summed E-state index contributed by atoms with van der Waals surface area (Å²) in [7, 11) is 0. The molecule has 3 fully saturated rings. The summed E-state index contributed by atoms with van der Waals surface area (Å²) in [6.07, 6.45) is -3.85. The molecular weight excluding hydrogens is 361 g/mol. The molecule has 0 amide bonds. The lowest BCUT2D eigenvalue weighted by atomic mass is 9.34. The lowest BCUT2D eigenvalue weighted by Crippen LogP contribution is -2.70. The summed E-state index contributed by atoms with van der Waals surface area (Å²) >= 11 is 3.23. The van der Waals surface area contributed by atoms with Crippen molar-refractivity contribution in [2.24, 2.45) is 5.41 Å². The van der Waals surface area contributed by atoms with Crippen molar-refractivity contribution in [2.45, 2.75) is 44.7 Å². The van der Waals surface area contributed by atoms with Gasteiger partial charge in [0, 0.05) is 5.41 Å². The molecule has 2 aromatic heterocycles. The van der Waals surface area contributed by atoms with Gasteiger partial charge >= 0.3 is 6.18 Å². The molecule has 22 heavy (non-hydrogen) atoms. The lowest BCUT2D eigenvalue weighted by Gasteiger charge is -2.70. The normalized spacial score (nSPS) is 30.1. The molecule has 0 saturated heterocycles. The first-order valence-electron chi connectivity index (χ1n) is 6.92. The van der Waals surface area contributed by atoms with Crippen LogP contribution in [-0.4, -0.2) is 26.1 Å². The van der Waals surface area contributed by atoms with E-state index in [1.54, 1.807) is 0 Å². The van der Waals surface area contributed by atoms with Crippen molar-refractivity contribution in [1.82, 2.24) is 19.9 Å². The van der Waals surface area contributed by atoms with Crippen molar-refractivity contribution in [2.75, 3.05) is 0 Å². The molecule has 0 aromatic carbocycles. The van der Waals surface area contributed by atoms with Crippen LogP contribution < -0.4 is 0 Å². The molecule has 0 atom stereocenters. The van der Waals surface area contributed by atoms with Crippen molar-refractivity contribution in [3.8, 4) is 0 Å². The van der Waals surface area contributed by atoms with Crippen molar-refractivity contribution in [1.29, 1.82) is 0 Å². The quantitative estimate of drug-likeness (QED) is 0.714. The summed E-state index contributed by atoms with van der Waals surface area (Å²) in [6, 6.07) is 0. The van der Waals surface area contributed by atoms with Crippen LogP contribution in [0, 0.1) is 19.3 Å². The minimum Gasteiger partial charge on any atom is -0.246 e. The van der Waals surface area contributed by atoms with Gasteiger partial charge in [-0.15, -0.1) is 0 Å². The Bertz CT molecular complexity index is 798. The van der Waals surface area contributed by atoms with Gasteiger partial charge in [0.25, 0.3) is 0 Å². The van der Waals surface area contributed by atoms with Crippen LogP contribution in [0.3, 0.4) is 0 Å². The molecule has 3 aliphatic carbocycles. The number of hydrogen-bond donors (Lipinski definition) is 0. The first kappa shape index (κ1) is 14.3. The Hall–Kier alpha value is -1.31. The standard InChI is InChI=1S/C14H12BrF3N4/c1-6-7(2)20-10-8(19-6)9(21-11(15)22-10)12-3-13(4-12,5-12)14(16,17)18/h3-5H2,1-2H3. The van der Waals surface area contributed by atoms with Crippen LogP contribution in [0.25, 0.3) is 11.2 Å². The van der Waals surface area contributed by atoms with E-state index in [0.717, 1.165) is 11.4 Å². The average molecular weight is 373 g/mol. The largest absolute Gasteiger partial charge is 0.394 e. The van der Waals surface area contributed by atoms with Gasteiger partial charge in [0.05, 0.1) is 22.5 Å². The minimum atomic E-state index is -4.13. The molecule has 4 nitrogen and oxygen atoms in total. The topological polar surface area (TPSA) is 51.6 Å². The molecule has 0 radical (unpaired) electrons. The van der Waals surface area contributed by atoms with Gasteiger partial charge in [0.2, 0.25) is 0 Å². The third-order valence-electron chi connectivity index (χ3n) is 5.05. The van der Waals surface area contributed by atoms with Gasteiger partial charge in [-0.25, -0.2) is 19.9 Å². The van der Waals surface area contributed by atoms with Crippen molar-refractivity contribution in [3.63, 3.8) is 0 Å². The second kappa shape index (κ2) is 3.96. The Morgan fingerprint density at radius 1 is 0.955 bits per heavy atom. The highest BCUT2D eigenvalue weighted by Crippen LogP contribution is 2.78. The van der Waals surface area contributed by atoms with E-state index >= 15 is 0 Å². The molecule has 0 N–H and O–H groups in total. The molecule has 2 heterocycles. The number of aryl methyl sites for hydroxylation is 2. The zero-order chi connectivity index (χ0) is 15.9. The second-order valence-electron chi connectivity index (χ2n) is 6.50. The van der Waals surface area contributed by atoms with Gasteiger partial charge in [0.1, 0.15) is 5.52 Å². The Morgan fingerprint density at radius 3 is 2.14 bits per heavy atom. The van der Waals surface area contributed by atoms with E-state index in [1.807, 2.05) is 13.8 Å². The summed E-state index contributed by atoms with van der Waals surface area (Å²) in [5.74, 6) is 0. The third-order valence-corrected chi connectivity index (χ3v) is 5.40. The fraction of sp³-hybridized carbons (Fsp3) is 0.571. The van der Waals surface area contributed by atoms with Crippen LogP contribution in [0.1, 0.15) is 36.3 Å². The molecule has 2 aromatic rings. The first-order chi connectivity index (χ1) is 10.2. The number of alkyl halides is 3. The van der Waals surface area contributed by atoms with E-state index in [9.17, 15) is 13.2 Å². The molecule has 116 valence electrons. The van der Waals surface area contributed by atoms with Gasteiger partial charge in [-0.05, 0) is 49.0 Å². The second-order valence-corrected chi connectivity index (χ2v) is 7.21. The van der Waals surface area contributed by atoms with E-state index in [-0.39, 0.29) is 19.3 Å². The first-order valence-corrected chi connectivity index (χ1v) is 7.71. The molecule has 0 spiro atoms. The number of halogens is 4. The monoisotopic (exact) mass is 372 g/mol. The van der Waals surface area contributed by atoms with Gasteiger partial charge in [-0.1, -0.05) is 0 Å². The maximum absolute atomic E-state index is 13.0. The van der Waals surface area contributed by atoms with Gasteiger partial charge in [0.15, 0.2) is 10.4 Å². The third kappa shape index (κ3) is 1.64. The van der Waals surface area contributed by atoms with E-state index < -0.39 is 17.0 Å². The van der Waals surface area contributed by atoms with Gasteiger partial charge in [-0.2, -0.15) is 13.2 Å². The predicted molar refractivity (Wildman–Crippen MR) is 76.3 cm³/mol. The Balaban J connectivity index is 1.83. The van der Waals surface area contributed by atoms with E-state index in [0.29, 0.717) is 21.6 Å². The van der Waals surface area contributed by atoms with Crippen molar-refractivity contribution >= 4 is 27.1 Å². The fourth-order valence-electron chi connectivity index (χ4n) is 3.80. The summed E-state index contributed by atoms with van der Waals surface area (Å²) in [5, 5.41) is 0. The molecule has 0 unspecified atom stereocenters. The van der Waals surface area contributed by atoms with Crippen LogP contribution in [-0.2, 0) is 5.41 Å². The minimum absolute atomic E-state index is 0.0939. The molecule has 2 bridgehead atoms. The van der Waals surface area contributed by atoms with Crippen LogP contribution in [0.2, 0.25) is 0 Å². The van der Waals surface area contributed by atoms with E-state index in [2.05, 4.69) is 35.9 Å². The zero-order valence-corrected chi connectivity index (χ0v) is 13.5. The highest BCUT2D eigenvalue weighted by Gasteiger charge is 2.79. The van der Waals surface area contributed by atoms with Crippen LogP contribution in [0.4, 0.5) is 13.2 Å². The number of hydrogen-bond acceptors (Lipinski definition) is 4.